The summed E-state index contributed by atoms with van der Waals surface area (Å²) in [6.45, 7) is -0.334. The molecule has 10 heteroatoms. The second-order valence-electron chi connectivity index (χ2n) is 4.26. The Balaban J connectivity index is 2.63. The fourth-order valence-electron chi connectivity index (χ4n) is 1.50. The largest absolute Gasteiger partial charge is 0.394 e. The summed E-state index contributed by atoms with van der Waals surface area (Å²) in [7, 11) is -1.14. The molecular weight excluding hydrogens is 330 g/mol. The lowest BCUT2D eigenvalue weighted by Gasteiger charge is -2.14. The standard InChI is InChI=1S/C12H17N3O5S2/c1-21-7-22(20)6-9(5-16)14-10(17)3-2-8-4-13-12(19)15-11(8)18/h2-4,9,16H,5-7H2,1H3,(H,14,17)(H2,13,15,18,19)/b3-2-. The van der Waals surface area contributed by atoms with Crippen molar-refractivity contribution in [3.8, 4) is 0 Å². The molecule has 0 aliphatic heterocycles. The fraction of sp³-hybridized carbons (Fsp3) is 0.417. The Morgan fingerprint density at radius 3 is 2.86 bits per heavy atom. The number of aliphatic hydroxyl groups excluding tert-OH is 1. The second-order valence-corrected chi connectivity index (χ2v) is 6.99. The monoisotopic (exact) mass is 347 g/mol. The lowest BCUT2D eigenvalue weighted by molar-refractivity contribution is -0.117. The molecule has 0 aliphatic carbocycles. The van der Waals surface area contributed by atoms with E-state index in [4.69, 9.17) is 0 Å². The van der Waals surface area contributed by atoms with E-state index in [1.54, 1.807) is 0 Å². The summed E-state index contributed by atoms with van der Waals surface area (Å²) in [5, 5.41) is 12.1. The topological polar surface area (TPSA) is 132 Å². The lowest BCUT2D eigenvalue weighted by atomic mass is 10.3. The van der Waals surface area contributed by atoms with Gasteiger partial charge in [-0.1, -0.05) is 0 Å². The maximum absolute atomic E-state index is 11.7. The maximum atomic E-state index is 11.7. The molecule has 1 aromatic heterocycles. The van der Waals surface area contributed by atoms with Gasteiger partial charge in [0.25, 0.3) is 5.56 Å². The van der Waals surface area contributed by atoms with E-state index in [0.29, 0.717) is 5.08 Å². The highest BCUT2D eigenvalue weighted by Crippen LogP contribution is 1.99. The zero-order valence-corrected chi connectivity index (χ0v) is 13.5. The summed E-state index contributed by atoms with van der Waals surface area (Å²) in [5.41, 5.74) is -1.14. The van der Waals surface area contributed by atoms with Crippen LogP contribution in [0.4, 0.5) is 0 Å². The first-order chi connectivity index (χ1) is 10.5. The average Bonchev–Trinajstić information content (AvgIpc) is 2.45. The Morgan fingerprint density at radius 2 is 2.27 bits per heavy atom. The van der Waals surface area contributed by atoms with Gasteiger partial charge in [-0.2, -0.15) is 11.8 Å². The molecule has 0 spiro atoms. The molecule has 4 N–H and O–H groups in total. The van der Waals surface area contributed by atoms with Crippen molar-refractivity contribution in [3.63, 3.8) is 0 Å². The zero-order valence-electron chi connectivity index (χ0n) is 11.8. The van der Waals surface area contributed by atoms with Crippen molar-refractivity contribution < 1.29 is 14.1 Å². The van der Waals surface area contributed by atoms with Crippen LogP contribution in [0.25, 0.3) is 6.08 Å². The van der Waals surface area contributed by atoms with Crippen molar-refractivity contribution in [1.82, 2.24) is 15.3 Å². The van der Waals surface area contributed by atoms with Crippen LogP contribution in [-0.2, 0) is 15.6 Å². The first-order valence-electron chi connectivity index (χ1n) is 6.21. The summed E-state index contributed by atoms with van der Waals surface area (Å²) < 4.78 is 11.6. The molecule has 1 rings (SSSR count). The summed E-state index contributed by atoms with van der Waals surface area (Å²) >= 11 is 1.42. The summed E-state index contributed by atoms with van der Waals surface area (Å²) in [6.07, 6.45) is 5.33. The summed E-state index contributed by atoms with van der Waals surface area (Å²) in [5.74, 6) is -0.387. The number of carbonyl (C=O) groups excluding carboxylic acids is 1. The van der Waals surface area contributed by atoms with Crippen molar-refractivity contribution in [2.45, 2.75) is 6.04 Å². The Morgan fingerprint density at radius 1 is 1.55 bits per heavy atom. The van der Waals surface area contributed by atoms with Crippen LogP contribution in [0.5, 0.6) is 0 Å². The predicted molar refractivity (Wildman–Crippen MR) is 87.1 cm³/mol. The van der Waals surface area contributed by atoms with E-state index >= 15 is 0 Å². The molecule has 0 aliphatic rings. The minimum absolute atomic E-state index is 0.112. The molecular formula is C12H17N3O5S2. The number of hydrogen-bond donors (Lipinski definition) is 4. The van der Waals surface area contributed by atoms with Gasteiger partial charge in [-0.05, 0) is 12.3 Å². The number of aromatic nitrogens is 2. The maximum Gasteiger partial charge on any atom is 0.325 e. The highest BCUT2D eigenvalue weighted by atomic mass is 32.2. The van der Waals surface area contributed by atoms with Gasteiger partial charge >= 0.3 is 5.69 Å². The van der Waals surface area contributed by atoms with Gasteiger partial charge in [0.1, 0.15) is 0 Å². The Hall–Kier alpha value is -1.65. The van der Waals surface area contributed by atoms with Crippen LogP contribution in [0.1, 0.15) is 5.56 Å². The summed E-state index contributed by atoms with van der Waals surface area (Å²) in [4.78, 5) is 38.3. The quantitative estimate of drug-likeness (QED) is 0.429. The van der Waals surface area contributed by atoms with E-state index < -0.39 is 34.0 Å². The third-order valence-corrected chi connectivity index (χ3v) is 5.23. The minimum atomic E-state index is -1.14. The highest BCUT2D eigenvalue weighted by molar-refractivity contribution is 8.09. The Bertz CT molecular complexity index is 667. The van der Waals surface area contributed by atoms with Gasteiger partial charge in [-0.15, -0.1) is 0 Å². The first kappa shape index (κ1) is 18.4. The van der Waals surface area contributed by atoms with Crippen molar-refractivity contribution in [2.75, 3.05) is 23.7 Å². The van der Waals surface area contributed by atoms with E-state index in [1.807, 2.05) is 11.2 Å². The van der Waals surface area contributed by atoms with Crippen LogP contribution in [0.15, 0.2) is 21.9 Å². The normalized spacial score (nSPS) is 13.9. The van der Waals surface area contributed by atoms with Gasteiger partial charge in [0, 0.05) is 28.8 Å². The molecule has 122 valence electrons. The summed E-state index contributed by atoms with van der Waals surface area (Å²) in [6, 6.07) is -0.626. The predicted octanol–water partition coefficient (Wildman–Crippen LogP) is -1.38. The van der Waals surface area contributed by atoms with Crippen LogP contribution in [-0.4, -0.2) is 54.9 Å². The lowest BCUT2D eigenvalue weighted by Crippen LogP contribution is -2.40. The minimum Gasteiger partial charge on any atom is -0.394 e. The molecule has 8 nitrogen and oxygen atoms in total. The number of amides is 1. The molecule has 0 aromatic carbocycles. The van der Waals surface area contributed by atoms with Gasteiger partial charge in [0.2, 0.25) is 5.91 Å². The van der Waals surface area contributed by atoms with Crippen molar-refractivity contribution >= 4 is 34.5 Å². The van der Waals surface area contributed by atoms with Crippen molar-refractivity contribution in [1.29, 1.82) is 0 Å². The number of thioether (sulfide) groups is 1. The van der Waals surface area contributed by atoms with Crippen LogP contribution in [0.3, 0.4) is 0 Å². The number of carbonyl (C=O) groups is 1. The molecule has 1 heterocycles. The number of aromatic amines is 2. The number of H-pyrrole nitrogens is 2. The Kier molecular flexibility index (Phi) is 7.85. The third kappa shape index (κ3) is 6.41. The van der Waals surface area contributed by atoms with Crippen LogP contribution in [0, 0.1) is 0 Å². The fourth-order valence-corrected chi connectivity index (χ4v) is 3.58. The molecule has 2 atom stereocenters. The van der Waals surface area contributed by atoms with Gasteiger partial charge in [0.05, 0.1) is 23.3 Å². The number of hydrogen-bond acceptors (Lipinski definition) is 6. The van der Waals surface area contributed by atoms with Crippen LogP contribution < -0.4 is 16.6 Å². The molecule has 0 fully saturated rings. The number of rotatable bonds is 8. The molecule has 2 unspecified atom stereocenters. The van der Waals surface area contributed by atoms with E-state index in [9.17, 15) is 23.7 Å². The van der Waals surface area contributed by atoms with E-state index in [0.717, 1.165) is 6.08 Å². The molecule has 0 saturated heterocycles. The molecule has 0 radical (unpaired) electrons. The van der Waals surface area contributed by atoms with Crippen molar-refractivity contribution in [2.24, 2.45) is 0 Å². The molecule has 0 bridgehead atoms. The molecule has 1 amide bonds. The smallest absolute Gasteiger partial charge is 0.325 e. The first-order valence-corrected chi connectivity index (χ1v) is 9.09. The molecule has 1 aromatic rings. The zero-order chi connectivity index (χ0) is 16.5. The second kappa shape index (κ2) is 9.38. The van der Waals surface area contributed by atoms with Crippen LogP contribution in [0.2, 0.25) is 0 Å². The molecule has 0 saturated carbocycles. The van der Waals surface area contributed by atoms with E-state index in [2.05, 4.69) is 10.3 Å². The van der Waals surface area contributed by atoms with Crippen LogP contribution >= 0.6 is 11.8 Å². The Labute approximate surface area is 132 Å². The van der Waals surface area contributed by atoms with Crippen molar-refractivity contribution in [3.05, 3.63) is 38.7 Å². The highest BCUT2D eigenvalue weighted by Gasteiger charge is 2.13. The number of nitrogens with one attached hydrogen (secondary N) is 3. The molecule has 22 heavy (non-hydrogen) atoms. The van der Waals surface area contributed by atoms with E-state index in [-0.39, 0.29) is 17.9 Å². The van der Waals surface area contributed by atoms with Gasteiger partial charge in [-0.3, -0.25) is 18.8 Å². The average molecular weight is 347 g/mol. The number of aliphatic hydroxyl groups is 1. The van der Waals surface area contributed by atoms with Gasteiger partial charge < -0.3 is 15.4 Å². The van der Waals surface area contributed by atoms with Gasteiger partial charge in [-0.25, -0.2) is 4.79 Å². The van der Waals surface area contributed by atoms with Gasteiger partial charge in [0.15, 0.2) is 0 Å². The third-order valence-electron chi connectivity index (χ3n) is 2.47. The van der Waals surface area contributed by atoms with E-state index in [1.165, 1.54) is 24.0 Å². The SMILES string of the molecule is CSCS(=O)CC(CO)NC(=O)/C=C\c1c[nH]c(=O)[nH]c1=O.